The lowest BCUT2D eigenvalue weighted by Crippen LogP contribution is -2.54. The summed E-state index contributed by atoms with van der Waals surface area (Å²) < 4.78 is 1.72. The van der Waals surface area contributed by atoms with Gasteiger partial charge in [0.2, 0.25) is 17.7 Å². The van der Waals surface area contributed by atoms with E-state index in [0.29, 0.717) is 12.2 Å². The van der Waals surface area contributed by atoms with Gasteiger partial charge in [-0.05, 0) is 38.7 Å². The second-order valence-electron chi connectivity index (χ2n) is 8.70. The Morgan fingerprint density at radius 2 is 1.81 bits per heavy atom. The molecule has 32 heavy (non-hydrogen) atoms. The summed E-state index contributed by atoms with van der Waals surface area (Å²) in [7, 11) is 0. The van der Waals surface area contributed by atoms with Crippen LogP contribution in [0.5, 0.6) is 0 Å². The molecule has 2 heterocycles. The van der Waals surface area contributed by atoms with E-state index in [1.165, 1.54) is 0 Å². The molecule has 0 spiro atoms. The van der Waals surface area contributed by atoms with E-state index in [2.05, 4.69) is 15.6 Å². The van der Waals surface area contributed by atoms with Gasteiger partial charge in [-0.3, -0.25) is 14.4 Å². The molecule has 1 saturated heterocycles. The first-order valence-corrected chi connectivity index (χ1v) is 11.0. The largest absolute Gasteiger partial charge is 0.343 e. The number of carbonyl (C=O) groups excluding carboxylic acids is 3. The first-order valence-electron chi connectivity index (χ1n) is 11.0. The number of rotatable bonds is 8. The molecular formula is C23H32N6O3. The topological polar surface area (TPSA) is 122 Å². The molecule has 4 N–H and O–H groups in total. The van der Waals surface area contributed by atoms with E-state index in [0.717, 1.165) is 31.5 Å². The summed E-state index contributed by atoms with van der Waals surface area (Å²) in [6, 6.07) is 8.21. The fraction of sp³-hybridized carbons (Fsp3) is 0.478. The second kappa shape index (κ2) is 9.95. The van der Waals surface area contributed by atoms with Gasteiger partial charge in [-0.15, -0.1) is 0 Å². The Labute approximate surface area is 188 Å². The lowest BCUT2D eigenvalue weighted by atomic mass is 10.1. The molecule has 1 fully saturated rings. The number of benzene rings is 1. The molecule has 172 valence electrons. The predicted octanol–water partition coefficient (Wildman–Crippen LogP) is 1.67. The molecule has 3 amide bonds. The van der Waals surface area contributed by atoms with Gasteiger partial charge in [0.15, 0.2) is 5.82 Å². The molecule has 9 nitrogen and oxygen atoms in total. The number of aromatic nitrogens is 2. The van der Waals surface area contributed by atoms with Crippen molar-refractivity contribution in [1.29, 1.82) is 0 Å². The van der Waals surface area contributed by atoms with E-state index in [-0.39, 0.29) is 5.91 Å². The van der Waals surface area contributed by atoms with Crippen LogP contribution in [0.4, 0.5) is 5.82 Å². The van der Waals surface area contributed by atoms with Gasteiger partial charge in [-0.1, -0.05) is 37.3 Å². The number of nitrogens with one attached hydrogen (secondary N) is 2. The minimum absolute atomic E-state index is 0.00727. The Kier molecular flexibility index (Phi) is 7.29. The maximum absolute atomic E-state index is 13.3. The van der Waals surface area contributed by atoms with Crippen molar-refractivity contribution in [3.63, 3.8) is 0 Å². The molecule has 2 atom stereocenters. The van der Waals surface area contributed by atoms with Crippen LogP contribution in [0.2, 0.25) is 0 Å². The Balaban J connectivity index is 1.77. The number of amides is 3. The van der Waals surface area contributed by atoms with Crippen molar-refractivity contribution in [2.45, 2.75) is 57.7 Å². The molecule has 0 bridgehead atoms. The molecule has 9 heteroatoms. The zero-order chi connectivity index (χ0) is 23.3. The fourth-order valence-electron chi connectivity index (χ4n) is 3.64. The Morgan fingerprint density at radius 3 is 2.41 bits per heavy atom. The summed E-state index contributed by atoms with van der Waals surface area (Å²) in [5, 5.41) is 5.40. The summed E-state index contributed by atoms with van der Waals surface area (Å²) in [6.45, 7) is 6.45. The fourth-order valence-corrected chi connectivity index (χ4v) is 3.64. The van der Waals surface area contributed by atoms with Crippen molar-refractivity contribution in [2.75, 3.05) is 18.4 Å². The van der Waals surface area contributed by atoms with Gasteiger partial charge in [-0.2, -0.15) is 0 Å². The number of nitrogens with zero attached hydrogens (tertiary/aromatic N) is 3. The highest BCUT2D eigenvalue weighted by molar-refractivity contribution is 5.97. The van der Waals surface area contributed by atoms with Crippen LogP contribution in [0.3, 0.4) is 0 Å². The number of hydrogen-bond acceptors (Lipinski definition) is 5. The maximum atomic E-state index is 13.3. The third-order valence-electron chi connectivity index (χ3n) is 5.53. The third-order valence-corrected chi connectivity index (χ3v) is 5.53. The normalized spacial score (nSPS) is 15.8. The number of hydrogen-bond donors (Lipinski definition) is 3. The Hall–Kier alpha value is -3.20. The number of anilines is 1. The standard InChI is InChI=1S/C23H32N6O3/c1-4-17(26-22(32)23(2,3)24)20(30)27-18-14-29(15-25-18)19(16-10-6-5-7-11-16)21(31)28-12-8-9-13-28/h5-7,10-11,14-15,17,19H,4,8-9,12-13,24H2,1-3H3,(H,26,32)(H,27,30)/t17-,19?/m1/s1. The van der Waals surface area contributed by atoms with Crippen LogP contribution < -0.4 is 16.4 Å². The van der Waals surface area contributed by atoms with E-state index >= 15 is 0 Å². The summed E-state index contributed by atoms with van der Waals surface area (Å²) in [5.41, 5.74) is 5.57. The number of nitrogens with two attached hydrogens (primary N) is 1. The summed E-state index contributed by atoms with van der Waals surface area (Å²) >= 11 is 0. The van der Waals surface area contributed by atoms with Crippen LogP contribution in [0.1, 0.15) is 51.6 Å². The highest BCUT2D eigenvalue weighted by Crippen LogP contribution is 2.24. The van der Waals surface area contributed by atoms with Crippen molar-refractivity contribution < 1.29 is 14.4 Å². The molecule has 1 aromatic heterocycles. The molecule has 1 aliphatic rings. The number of likely N-dealkylation sites (tertiary alicyclic amines) is 1. The van der Waals surface area contributed by atoms with Crippen molar-refractivity contribution >= 4 is 23.5 Å². The van der Waals surface area contributed by atoms with E-state index < -0.39 is 29.4 Å². The average Bonchev–Trinajstić information content (AvgIpc) is 3.44. The molecule has 1 aliphatic heterocycles. The predicted molar refractivity (Wildman–Crippen MR) is 122 cm³/mol. The van der Waals surface area contributed by atoms with Crippen molar-refractivity contribution in [3.8, 4) is 0 Å². The van der Waals surface area contributed by atoms with Crippen molar-refractivity contribution in [2.24, 2.45) is 5.73 Å². The van der Waals surface area contributed by atoms with Gasteiger partial charge in [0, 0.05) is 19.3 Å². The first kappa shape index (κ1) is 23.5. The SMILES string of the molecule is CC[C@@H](NC(=O)C(C)(C)N)C(=O)Nc1cn(C(C(=O)N2CCCC2)c2ccccc2)cn1. The smallest absolute Gasteiger partial charge is 0.250 e. The first-order chi connectivity index (χ1) is 15.2. The van der Waals surface area contributed by atoms with Crippen LogP contribution in [0, 0.1) is 0 Å². The van der Waals surface area contributed by atoms with Gasteiger partial charge in [-0.25, -0.2) is 4.98 Å². The summed E-state index contributed by atoms with van der Waals surface area (Å²) in [6.07, 6.45) is 5.59. The van der Waals surface area contributed by atoms with Gasteiger partial charge in [0.1, 0.15) is 12.1 Å². The Bertz CT molecular complexity index is 944. The third kappa shape index (κ3) is 5.53. The molecular weight excluding hydrogens is 408 g/mol. The lowest BCUT2D eigenvalue weighted by molar-refractivity contribution is -0.132. The average molecular weight is 441 g/mol. The van der Waals surface area contributed by atoms with Gasteiger partial charge in [0.25, 0.3) is 0 Å². The van der Waals surface area contributed by atoms with Crippen molar-refractivity contribution in [1.82, 2.24) is 19.8 Å². The van der Waals surface area contributed by atoms with Gasteiger partial charge in [0.05, 0.1) is 11.9 Å². The lowest BCUT2D eigenvalue weighted by Gasteiger charge is -2.24. The molecule has 0 saturated carbocycles. The Morgan fingerprint density at radius 1 is 1.16 bits per heavy atom. The molecule has 0 radical (unpaired) electrons. The van der Waals surface area contributed by atoms with E-state index in [9.17, 15) is 14.4 Å². The van der Waals surface area contributed by atoms with E-state index in [1.807, 2.05) is 35.2 Å². The zero-order valence-corrected chi connectivity index (χ0v) is 18.9. The summed E-state index contributed by atoms with van der Waals surface area (Å²) in [4.78, 5) is 44.3. The van der Waals surface area contributed by atoms with Crippen molar-refractivity contribution in [3.05, 3.63) is 48.4 Å². The second-order valence-corrected chi connectivity index (χ2v) is 8.70. The van der Waals surface area contributed by atoms with Crippen LogP contribution >= 0.6 is 0 Å². The number of imidazole rings is 1. The highest BCUT2D eigenvalue weighted by Gasteiger charge is 2.30. The van der Waals surface area contributed by atoms with E-state index in [4.69, 9.17) is 5.73 Å². The van der Waals surface area contributed by atoms with Gasteiger partial charge < -0.3 is 25.8 Å². The minimum atomic E-state index is -1.09. The maximum Gasteiger partial charge on any atom is 0.250 e. The van der Waals surface area contributed by atoms with Crippen LogP contribution in [0.25, 0.3) is 0 Å². The quantitative estimate of drug-likeness (QED) is 0.576. The molecule has 0 aliphatic carbocycles. The number of carbonyl (C=O) groups is 3. The zero-order valence-electron chi connectivity index (χ0n) is 18.9. The minimum Gasteiger partial charge on any atom is -0.343 e. The molecule has 1 unspecified atom stereocenters. The highest BCUT2D eigenvalue weighted by atomic mass is 16.2. The summed E-state index contributed by atoms with van der Waals surface area (Å²) in [5.74, 6) is -0.486. The molecule has 2 aromatic rings. The van der Waals surface area contributed by atoms with Crippen LogP contribution in [0.15, 0.2) is 42.9 Å². The van der Waals surface area contributed by atoms with Gasteiger partial charge >= 0.3 is 0 Å². The molecule has 3 rings (SSSR count). The van der Waals surface area contributed by atoms with E-state index in [1.54, 1.807) is 37.9 Å². The monoisotopic (exact) mass is 440 g/mol. The van der Waals surface area contributed by atoms with Crippen LogP contribution in [-0.2, 0) is 14.4 Å². The van der Waals surface area contributed by atoms with Crippen LogP contribution in [-0.4, -0.2) is 56.8 Å². The molecule has 1 aromatic carbocycles.